The SMILES string of the molecule is CCN(CC)P(CC(=O)OC)N(CC)CC. The first-order valence-electron chi connectivity index (χ1n) is 5.98. The Balaban J connectivity index is 4.65. The molecule has 0 aromatic rings. The average molecular weight is 248 g/mol. The van der Waals surface area contributed by atoms with Crippen LogP contribution in [-0.2, 0) is 9.53 Å². The van der Waals surface area contributed by atoms with Gasteiger partial charge in [0.25, 0.3) is 0 Å². The highest BCUT2D eigenvalue weighted by atomic mass is 31.1. The standard InChI is InChI=1S/C11H25N2O2P/c1-6-12(7-2)16(10-11(14)15-5)13(8-3)9-4/h6-10H2,1-5H3. The minimum absolute atomic E-state index is 0.107. The highest BCUT2D eigenvalue weighted by molar-refractivity contribution is 7.53. The molecule has 4 nitrogen and oxygen atoms in total. The van der Waals surface area contributed by atoms with Gasteiger partial charge in [-0.05, 0) is 0 Å². The Morgan fingerprint density at radius 3 is 1.62 bits per heavy atom. The fraction of sp³-hybridized carbons (Fsp3) is 0.909. The first-order valence-corrected chi connectivity index (χ1v) is 7.41. The third-order valence-corrected chi connectivity index (χ3v) is 5.59. The molecule has 0 unspecified atom stereocenters. The van der Waals surface area contributed by atoms with Gasteiger partial charge in [0.2, 0.25) is 0 Å². The lowest BCUT2D eigenvalue weighted by Gasteiger charge is -2.36. The quantitative estimate of drug-likeness (QED) is 0.487. The Kier molecular flexibility index (Phi) is 8.81. The second-order valence-corrected chi connectivity index (χ2v) is 5.58. The van der Waals surface area contributed by atoms with Crippen LogP contribution in [0.3, 0.4) is 0 Å². The molecule has 0 heterocycles. The zero-order valence-electron chi connectivity index (χ0n) is 11.2. The molecule has 16 heavy (non-hydrogen) atoms. The smallest absolute Gasteiger partial charge is 0.312 e. The number of ether oxygens (including phenoxy) is 1. The van der Waals surface area contributed by atoms with E-state index in [4.69, 9.17) is 4.74 Å². The van der Waals surface area contributed by atoms with Gasteiger partial charge in [0.15, 0.2) is 0 Å². The summed E-state index contributed by atoms with van der Waals surface area (Å²) < 4.78 is 9.50. The summed E-state index contributed by atoms with van der Waals surface area (Å²) in [6.45, 7) is 12.5. The van der Waals surface area contributed by atoms with Crippen LogP contribution >= 0.6 is 8.22 Å². The molecule has 0 aliphatic rings. The number of nitrogens with zero attached hydrogens (tertiary/aromatic N) is 2. The van der Waals surface area contributed by atoms with Gasteiger partial charge in [-0.3, -0.25) is 14.1 Å². The molecule has 0 aliphatic heterocycles. The van der Waals surface area contributed by atoms with Gasteiger partial charge < -0.3 is 4.74 Å². The van der Waals surface area contributed by atoms with Crippen molar-refractivity contribution in [3.63, 3.8) is 0 Å². The fourth-order valence-electron chi connectivity index (χ4n) is 1.66. The molecular formula is C11H25N2O2P. The van der Waals surface area contributed by atoms with Crippen molar-refractivity contribution in [2.24, 2.45) is 0 Å². The Bertz CT molecular complexity index is 182. The predicted octanol–water partition coefficient (Wildman–Crippen LogP) is 2.15. The van der Waals surface area contributed by atoms with E-state index < -0.39 is 8.22 Å². The van der Waals surface area contributed by atoms with Gasteiger partial charge in [0.1, 0.15) is 0 Å². The third kappa shape index (κ3) is 4.77. The van der Waals surface area contributed by atoms with Crippen LogP contribution in [0.1, 0.15) is 27.7 Å². The summed E-state index contributed by atoms with van der Waals surface area (Å²) in [5.41, 5.74) is 0. The van der Waals surface area contributed by atoms with E-state index in [0.29, 0.717) is 6.16 Å². The Morgan fingerprint density at radius 2 is 1.38 bits per heavy atom. The van der Waals surface area contributed by atoms with Crippen molar-refractivity contribution in [1.29, 1.82) is 0 Å². The molecule has 0 aromatic heterocycles. The molecule has 0 rings (SSSR count). The van der Waals surface area contributed by atoms with Gasteiger partial charge in [-0.2, -0.15) is 0 Å². The highest BCUT2D eigenvalue weighted by Gasteiger charge is 2.24. The molecule has 0 amide bonds. The average Bonchev–Trinajstić information content (AvgIpc) is 2.31. The summed E-state index contributed by atoms with van der Waals surface area (Å²) in [4.78, 5) is 11.4. The van der Waals surface area contributed by atoms with E-state index in [1.807, 2.05) is 0 Å². The van der Waals surface area contributed by atoms with Gasteiger partial charge in [-0.1, -0.05) is 27.7 Å². The Labute approximate surface area is 101 Å². The number of methoxy groups -OCH3 is 1. The van der Waals surface area contributed by atoms with Gasteiger partial charge in [-0.25, -0.2) is 0 Å². The highest BCUT2D eigenvalue weighted by Crippen LogP contribution is 2.43. The molecule has 0 spiro atoms. The van der Waals surface area contributed by atoms with Gasteiger partial charge >= 0.3 is 5.97 Å². The molecule has 5 heteroatoms. The largest absolute Gasteiger partial charge is 0.469 e. The molecule has 0 aliphatic carbocycles. The fourth-order valence-corrected chi connectivity index (χ4v) is 4.08. The van der Waals surface area contributed by atoms with Crippen molar-refractivity contribution in [2.45, 2.75) is 27.7 Å². The maximum absolute atomic E-state index is 11.4. The van der Waals surface area contributed by atoms with Crippen molar-refractivity contribution in [2.75, 3.05) is 39.5 Å². The summed E-state index contributed by atoms with van der Waals surface area (Å²) in [6, 6.07) is 0. The molecule has 0 saturated heterocycles. The number of hydrogen-bond donors (Lipinski definition) is 0. The van der Waals surface area contributed by atoms with E-state index in [1.165, 1.54) is 7.11 Å². The van der Waals surface area contributed by atoms with Gasteiger partial charge in [0, 0.05) is 26.2 Å². The lowest BCUT2D eigenvalue weighted by Crippen LogP contribution is -2.32. The molecule has 0 bridgehead atoms. The van der Waals surface area contributed by atoms with Crippen LogP contribution in [0.2, 0.25) is 0 Å². The van der Waals surface area contributed by atoms with Crippen LogP contribution in [0.5, 0.6) is 0 Å². The molecule has 0 fully saturated rings. The summed E-state index contributed by atoms with van der Waals surface area (Å²) in [7, 11) is 0.918. The van der Waals surface area contributed by atoms with Crippen molar-refractivity contribution in [1.82, 2.24) is 9.34 Å². The topological polar surface area (TPSA) is 32.8 Å². The normalized spacial score (nSPS) is 11.5. The number of carbonyl (C=O) groups excluding carboxylic acids is 1. The van der Waals surface area contributed by atoms with Gasteiger partial charge in [0.05, 0.1) is 21.5 Å². The summed E-state index contributed by atoms with van der Waals surface area (Å²) in [6.07, 6.45) is 0.509. The summed E-state index contributed by atoms with van der Waals surface area (Å²) >= 11 is 0. The second-order valence-electron chi connectivity index (χ2n) is 3.38. The molecule has 0 radical (unpaired) electrons. The molecule has 0 aromatic carbocycles. The Morgan fingerprint density at radius 1 is 1.00 bits per heavy atom. The minimum atomic E-state index is -0.541. The first-order chi connectivity index (χ1) is 7.64. The van der Waals surface area contributed by atoms with Crippen molar-refractivity contribution >= 4 is 14.2 Å². The lowest BCUT2D eigenvalue weighted by molar-refractivity contribution is -0.137. The lowest BCUT2D eigenvalue weighted by atomic mass is 10.7. The zero-order valence-corrected chi connectivity index (χ0v) is 12.1. The van der Waals surface area contributed by atoms with E-state index in [9.17, 15) is 4.79 Å². The van der Waals surface area contributed by atoms with Crippen LogP contribution in [0.25, 0.3) is 0 Å². The van der Waals surface area contributed by atoms with Gasteiger partial charge in [-0.15, -0.1) is 0 Å². The van der Waals surface area contributed by atoms with Crippen molar-refractivity contribution in [3.8, 4) is 0 Å². The molecule has 0 saturated carbocycles. The number of carbonyl (C=O) groups is 1. The van der Waals surface area contributed by atoms with Crippen LogP contribution in [0.4, 0.5) is 0 Å². The van der Waals surface area contributed by atoms with Crippen LogP contribution in [0, 0.1) is 0 Å². The summed E-state index contributed by atoms with van der Waals surface area (Å²) in [5, 5.41) is 0. The Hall–Kier alpha value is -0.180. The molecule has 0 N–H and O–H groups in total. The van der Waals surface area contributed by atoms with E-state index >= 15 is 0 Å². The van der Waals surface area contributed by atoms with E-state index in [1.54, 1.807) is 0 Å². The summed E-state index contributed by atoms with van der Waals surface area (Å²) in [5.74, 6) is -0.107. The van der Waals surface area contributed by atoms with Crippen LogP contribution in [0.15, 0.2) is 0 Å². The van der Waals surface area contributed by atoms with Crippen LogP contribution < -0.4 is 0 Å². The third-order valence-electron chi connectivity index (χ3n) is 2.61. The molecular weight excluding hydrogens is 223 g/mol. The van der Waals surface area contributed by atoms with Crippen molar-refractivity contribution in [3.05, 3.63) is 0 Å². The predicted molar refractivity (Wildman–Crippen MR) is 69.6 cm³/mol. The zero-order chi connectivity index (χ0) is 12.6. The number of hydrogen-bond acceptors (Lipinski definition) is 4. The van der Waals surface area contributed by atoms with E-state index in [-0.39, 0.29) is 5.97 Å². The maximum atomic E-state index is 11.4. The molecule has 0 atom stereocenters. The number of rotatable bonds is 8. The maximum Gasteiger partial charge on any atom is 0.312 e. The van der Waals surface area contributed by atoms with E-state index in [0.717, 1.165) is 26.2 Å². The first kappa shape index (κ1) is 15.8. The molecule has 96 valence electrons. The second kappa shape index (κ2) is 8.91. The number of esters is 1. The van der Waals surface area contributed by atoms with Crippen molar-refractivity contribution < 1.29 is 9.53 Å². The minimum Gasteiger partial charge on any atom is -0.469 e. The van der Waals surface area contributed by atoms with Crippen LogP contribution in [-0.4, -0.2) is 54.8 Å². The van der Waals surface area contributed by atoms with E-state index in [2.05, 4.69) is 37.0 Å². The monoisotopic (exact) mass is 248 g/mol.